The van der Waals surface area contributed by atoms with Crippen LogP contribution in [-0.2, 0) is 0 Å². The third-order valence-corrected chi connectivity index (χ3v) is 2.62. The summed E-state index contributed by atoms with van der Waals surface area (Å²) in [5.41, 5.74) is 3.21. The molecule has 0 amide bonds. The van der Waals surface area contributed by atoms with Gasteiger partial charge >= 0.3 is 0 Å². The Morgan fingerprint density at radius 1 is 1.40 bits per heavy atom. The van der Waals surface area contributed by atoms with E-state index in [4.69, 9.17) is 5.84 Å². The molecule has 0 saturated carbocycles. The summed E-state index contributed by atoms with van der Waals surface area (Å²) in [6, 6.07) is 1.05. The summed E-state index contributed by atoms with van der Waals surface area (Å²) in [6.07, 6.45) is 4.27. The van der Waals surface area contributed by atoms with Crippen molar-refractivity contribution >= 4 is 11.5 Å². The second kappa shape index (κ2) is 4.39. The van der Waals surface area contributed by atoms with Crippen molar-refractivity contribution in [3.05, 3.63) is 40.9 Å². The Morgan fingerprint density at radius 2 is 2.27 bits per heavy atom. The fourth-order valence-electron chi connectivity index (χ4n) is 1.23. The van der Waals surface area contributed by atoms with E-state index in [0.29, 0.717) is 5.56 Å². The Balaban J connectivity index is 2.35. The molecule has 1 atom stereocenters. The minimum Gasteiger partial charge on any atom is -0.271 e. The van der Waals surface area contributed by atoms with E-state index < -0.39 is 5.82 Å². The fraction of sp³-hybridized carbons (Fsp3) is 0.125. The number of pyridine rings is 1. The van der Waals surface area contributed by atoms with Crippen LogP contribution >= 0.6 is 11.5 Å². The summed E-state index contributed by atoms with van der Waals surface area (Å²) in [7, 11) is 0. The maximum Gasteiger partial charge on any atom is 0.141 e. The predicted molar refractivity (Wildman–Crippen MR) is 53.3 cm³/mol. The smallest absolute Gasteiger partial charge is 0.141 e. The van der Waals surface area contributed by atoms with Crippen molar-refractivity contribution < 1.29 is 4.39 Å². The van der Waals surface area contributed by atoms with E-state index >= 15 is 0 Å². The number of aromatic nitrogens is 3. The summed E-state index contributed by atoms with van der Waals surface area (Å²) < 4.78 is 16.7. The third-order valence-electron chi connectivity index (χ3n) is 1.89. The van der Waals surface area contributed by atoms with Gasteiger partial charge in [0.05, 0.1) is 23.3 Å². The molecule has 2 aromatic rings. The maximum atomic E-state index is 12.9. The minimum atomic E-state index is -0.398. The van der Waals surface area contributed by atoms with Crippen LogP contribution in [0.3, 0.4) is 0 Å². The molecule has 78 valence electrons. The van der Waals surface area contributed by atoms with Gasteiger partial charge in [-0.3, -0.25) is 10.8 Å². The molecule has 0 aromatic carbocycles. The van der Waals surface area contributed by atoms with Crippen LogP contribution in [0.1, 0.15) is 16.5 Å². The van der Waals surface area contributed by atoms with E-state index in [1.807, 2.05) is 0 Å². The maximum absolute atomic E-state index is 12.9. The van der Waals surface area contributed by atoms with Crippen molar-refractivity contribution in [2.75, 3.05) is 0 Å². The molecular formula is C8H8FN5S. The van der Waals surface area contributed by atoms with E-state index in [9.17, 15) is 4.39 Å². The molecule has 5 nitrogen and oxygen atoms in total. The van der Waals surface area contributed by atoms with Crippen LogP contribution in [0.15, 0.2) is 24.7 Å². The highest BCUT2D eigenvalue weighted by Gasteiger charge is 2.15. The van der Waals surface area contributed by atoms with Crippen LogP contribution in [0.4, 0.5) is 4.39 Å². The second-order valence-corrected chi connectivity index (χ2v) is 3.67. The summed E-state index contributed by atoms with van der Waals surface area (Å²) >= 11 is 1.20. The lowest BCUT2D eigenvalue weighted by Gasteiger charge is -2.12. The molecule has 2 rings (SSSR count). The zero-order valence-corrected chi connectivity index (χ0v) is 8.41. The SMILES string of the molecule is NNC(c1cncc(F)c1)c1cnns1. The van der Waals surface area contributed by atoms with Gasteiger partial charge in [-0.1, -0.05) is 4.49 Å². The quantitative estimate of drug-likeness (QED) is 0.591. The number of halogens is 1. The van der Waals surface area contributed by atoms with Crippen molar-refractivity contribution in [2.24, 2.45) is 5.84 Å². The molecule has 0 saturated heterocycles. The fourth-order valence-corrected chi connectivity index (χ4v) is 1.82. The molecule has 0 bridgehead atoms. The molecule has 15 heavy (non-hydrogen) atoms. The normalized spacial score (nSPS) is 12.7. The first-order valence-corrected chi connectivity index (χ1v) is 4.92. The predicted octanol–water partition coefficient (Wildman–Crippen LogP) is 0.625. The van der Waals surface area contributed by atoms with E-state index in [-0.39, 0.29) is 6.04 Å². The first-order chi connectivity index (χ1) is 7.31. The number of nitrogens with zero attached hydrogens (tertiary/aromatic N) is 3. The highest BCUT2D eigenvalue weighted by atomic mass is 32.1. The van der Waals surface area contributed by atoms with E-state index in [2.05, 4.69) is 20.0 Å². The van der Waals surface area contributed by atoms with Crippen LogP contribution < -0.4 is 11.3 Å². The average Bonchev–Trinajstić information content (AvgIpc) is 2.72. The summed E-state index contributed by atoms with van der Waals surface area (Å²) in [5.74, 6) is 5.00. The highest BCUT2D eigenvalue weighted by molar-refractivity contribution is 7.05. The minimum absolute atomic E-state index is 0.326. The lowest BCUT2D eigenvalue weighted by atomic mass is 10.1. The molecule has 3 N–H and O–H groups in total. The molecule has 0 aliphatic heterocycles. The van der Waals surface area contributed by atoms with Gasteiger partial charge in [0.2, 0.25) is 0 Å². The Kier molecular flexibility index (Phi) is 2.95. The van der Waals surface area contributed by atoms with E-state index in [1.165, 1.54) is 17.6 Å². The van der Waals surface area contributed by atoms with Crippen molar-refractivity contribution in [3.63, 3.8) is 0 Å². The molecule has 2 heterocycles. The van der Waals surface area contributed by atoms with Crippen LogP contribution in [0.5, 0.6) is 0 Å². The molecule has 0 fully saturated rings. The van der Waals surface area contributed by atoms with Gasteiger partial charge in [0, 0.05) is 6.20 Å². The zero-order valence-electron chi connectivity index (χ0n) is 7.59. The Hall–Kier alpha value is -1.44. The molecule has 0 aliphatic carbocycles. The lowest BCUT2D eigenvalue weighted by Crippen LogP contribution is -2.28. The standard InChI is InChI=1S/C8H8FN5S/c9-6-1-5(2-11-3-6)8(13-10)7-4-12-14-15-7/h1-4,8,13H,10H2. The monoisotopic (exact) mass is 225 g/mol. The molecule has 7 heteroatoms. The average molecular weight is 225 g/mol. The number of hydrogen-bond acceptors (Lipinski definition) is 6. The molecular weight excluding hydrogens is 217 g/mol. The van der Waals surface area contributed by atoms with Crippen molar-refractivity contribution in [1.29, 1.82) is 0 Å². The van der Waals surface area contributed by atoms with E-state index in [0.717, 1.165) is 11.1 Å². The van der Waals surface area contributed by atoms with Gasteiger partial charge in [-0.25, -0.2) is 9.82 Å². The van der Waals surface area contributed by atoms with Crippen LogP contribution in [0, 0.1) is 5.82 Å². The molecule has 0 radical (unpaired) electrons. The first-order valence-electron chi connectivity index (χ1n) is 4.15. The van der Waals surface area contributed by atoms with Gasteiger partial charge in [-0.05, 0) is 23.2 Å². The van der Waals surface area contributed by atoms with Gasteiger partial charge in [0.15, 0.2) is 0 Å². The van der Waals surface area contributed by atoms with Crippen LogP contribution in [0.25, 0.3) is 0 Å². The van der Waals surface area contributed by atoms with Gasteiger partial charge < -0.3 is 0 Å². The lowest BCUT2D eigenvalue weighted by molar-refractivity contribution is 0.600. The summed E-state index contributed by atoms with van der Waals surface area (Å²) in [6.45, 7) is 0. The molecule has 0 aliphatic rings. The number of rotatable bonds is 3. The molecule has 2 aromatic heterocycles. The van der Waals surface area contributed by atoms with Gasteiger partial charge in [0.1, 0.15) is 5.82 Å². The Labute approximate surface area is 89.3 Å². The number of nitrogens with one attached hydrogen (secondary N) is 1. The summed E-state index contributed by atoms with van der Waals surface area (Å²) in [4.78, 5) is 4.57. The van der Waals surface area contributed by atoms with Crippen molar-refractivity contribution in [1.82, 2.24) is 20.0 Å². The highest BCUT2D eigenvalue weighted by Crippen LogP contribution is 2.22. The number of hydrogen-bond donors (Lipinski definition) is 2. The summed E-state index contributed by atoms with van der Waals surface area (Å²) in [5, 5.41) is 3.70. The molecule has 0 spiro atoms. The molecule has 1 unspecified atom stereocenters. The van der Waals surface area contributed by atoms with Crippen molar-refractivity contribution in [2.45, 2.75) is 6.04 Å². The number of nitrogens with two attached hydrogens (primary N) is 1. The Morgan fingerprint density at radius 3 is 2.87 bits per heavy atom. The van der Waals surface area contributed by atoms with Gasteiger partial charge in [0.25, 0.3) is 0 Å². The second-order valence-electron chi connectivity index (χ2n) is 2.86. The number of hydrazine groups is 1. The third kappa shape index (κ3) is 2.14. The van der Waals surface area contributed by atoms with Gasteiger partial charge in [-0.15, -0.1) is 5.10 Å². The van der Waals surface area contributed by atoms with Gasteiger partial charge in [-0.2, -0.15) is 0 Å². The van der Waals surface area contributed by atoms with Crippen LogP contribution in [0.2, 0.25) is 0 Å². The van der Waals surface area contributed by atoms with E-state index in [1.54, 1.807) is 12.4 Å². The Bertz CT molecular complexity index is 432. The van der Waals surface area contributed by atoms with Crippen molar-refractivity contribution in [3.8, 4) is 0 Å². The zero-order chi connectivity index (χ0) is 10.7. The first kappa shape index (κ1) is 10.1. The largest absolute Gasteiger partial charge is 0.271 e. The van der Waals surface area contributed by atoms with Crippen LogP contribution in [-0.4, -0.2) is 14.6 Å². The topological polar surface area (TPSA) is 76.7 Å².